The van der Waals surface area contributed by atoms with Crippen molar-refractivity contribution in [1.29, 1.82) is 0 Å². The Kier molecular flexibility index (Phi) is 5.59. The molecule has 7 nitrogen and oxygen atoms in total. The lowest BCUT2D eigenvalue weighted by atomic mass is 10.0. The molecule has 3 amide bonds. The van der Waals surface area contributed by atoms with E-state index in [0.717, 1.165) is 11.3 Å². The van der Waals surface area contributed by atoms with Gasteiger partial charge in [-0.25, -0.2) is 4.79 Å². The normalized spacial score (nSPS) is 17.4. The standard InChI is InChI=1S/C19H27N3O4/c1-18(2,3)26-17(25)22-19(4,5)16(24)21-14-11-10-12-8-6-7-9-13(12)20-15(14)23/h6-9,14H,10-11H2,1-5H3,(H,20,23)(H,21,24)(H,22,25)/t14-/m1/s1. The number of ether oxygens (including phenoxy) is 1. The summed E-state index contributed by atoms with van der Waals surface area (Å²) in [7, 11) is 0. The predicted octanol–water partition coefficient (Wildman–Crippen LogP) is 2.36. The van der Waals surface area contributed by atoms with E-state index < -0.39 is 29.2 Å². The van der Waals surface area contributed by atoms with E-state index in [0.29, 0.717) is 12.8 Å². The maximum Gasteiger partial charge on any atom is 0.408 e. The van der Waals surface area contributed by atoms with E-state index in [1.54, 1.807) is 34.6 Å². The number of amides is 3. The summed E-state index contributed by atoms with van der Waals surface area (Å²) in [6, 6.07) is 6.89. The van der Waals surface area contributed by atoms with E-state index in [-0.39, 0.29) is 5.91 Å². The van der Waals surface area contributed by atoms with E-state index in [9.17, 15) is 14.4 Å². The van der Waals surface area contributed by atoms with Crippen molar-refractivity contribution >= 4 is 23.6 Å². The molecule has 7 heteroatoms. The average molecular weight is 361 g/mol. The number of hydrogen-bond donors (Lipinski definition) is 3. The summed E-state index contributed by atoms with van der Waals surface area (Å²) in [6.07, 6.45) is 0.465. The molecule has 3 N–H and O–H groups in total. The summed E-state index contributed by atoms with van der Waals surface area (Å²) in [5.41, 5.74) is -0.0881. The van der Waals surface area contributed by atoms with Gasteiger partial charge in [0, 0.05) is 5.69 Å². The van der Waals surface area contributed by atoms with Gasteiger partial charge in [-0.3, -0.25) is 9.59 Å². The van der Waals surface area contributed by atoms with Gasteiger partial charge < -0.3 is 20.7 Å². The van der Waals surface area contributed by atoms with E-state index in [4.69, 9.17) is 4.74 Å². The fraction of sp³-hybridized carbons (Fsp3) is 0.526. The number of carbonyl (C=O) groups excluding carboxylic acids is 3. The van der Waals surface area contributed by atoms with Crippen molar-refractivity contribution in [2.75, 3.05) is 5.32 Å². The molecule has 0 saturated carbocycles. The van der Waals surface area contributed by atoms with Crippen molar-refractivity contribution < 1.29 is 19.1 Å². The highest BCUT2D eigenvalue weighted by atomic mass is 16.6. The summed E-state index contributed by atoms with van der Waals surface area (Å²) >= 11 is 0. The number of benzene rings is 1. The first-order valence-electron chi connectivity index (χ1n) is 8.69. The van der Waals surface area contributed by atoms with E-state index >= 15 is 0 Å². The van der Waals surface area contributed by atoms with Crippen LogP contribution in [0.4, 0.5) is 10.5 Å². The number of nitrogens with one attached hydrogen (secondary N) is 3. The van der Waals surface area contributed by atoms with Crippen molar-refractivity contribution in [3.8, 4) is 0 Å². The molecule has 1 atom stereocenters. The molecule has 0 radical (unpaired) electrons. The van der Waals surface area contributed by atoms with E-state index in [2.05, 4.69) is 16.0 Å². The zero-order valence-electron chi connectivity index (χ0n) is 15.9. The van der Waals surface area contributed by atoms with Crippen LogP contribution in [0.25, 0.3) is 0 Å². The van der Waals surface area contributed by atoms with Crippen LogP contribution >= 0.6 is 0 Å². The average Bonchev–Trinajstić information content (AvgIpc) is 2.64. The number of hydrogen-bond acceptors (Lipinski definition) is 4. The first kappa shape index (κ1) is 19.8. The van der Waals surface area contributed by atoms with E-state index in [1.807, 2.05) is 24.3 Å². The quantitative estimate of drug-likeness (QED) is 0.770. The van der Waals surface area contributed by atoms with Crippen LogP contribution in [0.3, 0.4) is 0 Å². The molecule has 142 valence electrons. The minimum Gasteiger partial charge on any atom is -0.444 e. The summed E-state index contributed by atoms with van der Waals surface area (Å²) < 4.78 is 5.19. The Balaban J connectivity index is 2.00. The second kappa shape index (κ2) is 7.35. The van der Waals surface area contributed by atoms with Crippen molar-refractivity contribution in [3.63, 3.8) is 0 Å². The van der Waals surface area contributed by atoms with E-state index in [1.165, 1.54) is 0 Å². The third-order valence-electron chi connectivity index (χ3n) is 3.98. The Morgan fingerprint density at radius 1 is 1.15 bits per heavy atom. The van der Waals surface area contributed by atoms with Crippen LogP contribution in [0.15, 0.2) is 24.3 Å². The number of anilines is 1. The van der Waals surface area contributed by atoms with Gasteiger partial charge in [-0.2, -0.15) is 0 Å². The van der Waals surface area contributed by atoms with Gasteiger partial charge in [-0.15, -0.1) is 0 Å². The molecule has 0 spiro atoms. The van der Waals surface area contributed by atoms with Gasteiger partial charge in [-0.1, -0.05) is 18.2 Å². The zero-order chi connectivity index (χ0) is 19.5. The number of rotatable bonds is 3. The molecule has 2 rings (SSSR count). The third-order valence-corrected chi connectivity index (χ3v) is 3.98. The minimum atomic E-state index is -1.22. The molecule has 0 aliphatic carbocycles. The van der Waals surface area contributed by atoms with Crippen LogP contribution in [-0.4, -0.2) is 35.1 Å². The second-order valence-electron chi connectivity index (χ2n) is 7.96. The van der Waals surface area contributed by atoms with Gasteiger partial charge in [0.05, 0.1) is 0 Å². The Morgan fingerprint density at radius 3 is 2.46 bits per heavy atom. The highest BCUT2D eigenvalue weighted by Gasteiger charge is 2.35. The van der Waals surface area contributed by atoms with Crippen molar-refractivity contribution in [2.45, 2.75) is 64.6 Å². The van der Waals surface area contributed by atoms with Gasteiger partial charge >= 0.3 is 6.09 Å². The van der Waals surface area contributed by atoms with Gasteiger partial charge in [0.1, 0.15) is 17.2 Å². The van der Waals surface area contributed by atoms with Crippen LogP contribution in [0, 0.1) is 0 Å². The lowest BCUT2D eigenvalue weighted by Gasteiger charge is -2.29. The number of carbonyl (C=O) groups is 3. The Labute approximate surface area is 153 Å². The highest BCUT2D eigenvalue weighted by molar-refractivity contribution is 6.00. The number of aryl methyl sites for hydroxylation is 1. The first-order chi connectivity index (χ1) is 12.0. The van der Waals surface area contributed by atoms with Crippen molar-refractivity contribution in [1.82, 2.24) is 10.6 Å². The van der Waals surface area contributed by atoms with Gasteiger partial charge in [-0.05, 0) is 59.1 Å². The van der Waals surface area contributed by atoms with Gasteiger partial charge in [0.15, 0.2) is 0 Å². The Bertz CT molecular complexity index is 707. The second-order valence-corrected chi connectivity index (χ2v) is 7.96. The molecule has 1 aliphatic rings. The molecule has 1 heterocycles. The Morgan fingerprint density at radius 2 is 1.81 bits per heavy atom. The molecule has 1 aromatic rings. The Hall–Kier alpha value is -2.57. The number of para-hydroxylation sites is 1. The SMILES string of the molecule is CC(C)(C)OC(=O)NC(C)(C)C(=O)N[C@@H]1CCc2ccccc2NC1=O. The lowest BCUT2D eigenvalue weighted by Crippen LogP contribution is -2.58. The molecule has 0 aromatic heterocycles. The maximum absolute atomic E-state index is 12.6. The van der Waals surface area contributed by atoms with Gasteiger partial charge in [0.2, 0.25) is 11.8 Å². The molecular formula is C19H27N3O4. The summed E-state index contributed by atoms with van der Waals surface area (Å²) in [6.45, 7) is 8.36. The molecule has 0 unspecified atom stereocenters. The van der Waals surface area contributed by atoms with Gasteiger partial charge in [0.25, 0.3) is 0 Å². The van der Waals surface area contributed by atoms with Crippen LogP contribution in [0.5, 0.6) is 0 Å². The molecule has 0 fully saturated rings. The highest BCUT2D eigenvalue weighted by Crippen LogP contribution is 2.21. The predicted molar refractivity (Wildman–Crippen MR) is 98.8 cm³/mol. The molecule has 1 aromatic carbocycles. The van der Waals surface area contributed by atoms with Crippen LogP contribution in [0.1, 0.15) is 46.6 Å². The van der Waals surface area contributed by atoms with Crippen molar-refractivity contribution in [2.24, 2.45) is 0 Å². The van der Waals surface area contributed by atoms with Crippen LogP contribution < -0.4 is 16.0 Å². The molecule has 0 bridgehead atoms. The smallest absolute Gasteiger partial charge is 0.408 e. The number of fused-ring (bicyclic) bond motifs is 1. The van der Waals surface area contributed by atoms with Crippen molar-refractivity contribution in [3.05, 3.63) is 29.8 Å². The fourth-order valence-electron chi connectivity index (χ4n) is 2.60. The maximum atomic E-state index is 12.6. The minimum absolute atomic E-state index is 0.267. The van der Waals surface area contributed by atoms with Crippen LogP contribution in [0.2, 0.25) is 0 Å². The fourth-order valence-corrected chi connectivity index (χ4v) is 2.60. The van der Waals surface area contributed by atoms with Crippen LogP contribution in [-0.2, 0) is 20.7 Å². The first-order valence-corrected chi connectivity index (χ1v) is 8.69. The third kappa shape index (κ3) is 5.21. The lowest BCUT2D eigenvalue weighted by molar-refractivity contribution is -0.130. The topological polar surface area (TPSA) is 96.5 Å². The largest absolute Gasteiger partial charge is 0.444 e. The molecule has 26 heavy (non-hydrogen) atoms. The monoisotopic (exact) mass is 361 g/mol. The number of alkyl carbamates (subject to hydrolysis) is 1. The molecule has 1 aliphatic heterocycles. The molecule has 0 saturated heterocycles. The summed E-state index contributed by atoms with van der Waals surface area (Å²) in [4.78, 5) is 37.0. The zero-order valence-corrected chi connectivity index (χ0v) is 15.9. The summed E-state index contributed by atoms with van der Waals surface area (Å²) in [5, 5.41) is 8.11. The summed E-state index contributed by atoms with van der Waals surface area (Å²) in [5.74, 6) is -0.717. The molecular weight excluding hydrogens is 334 g/mol.